The molecular formula is C12H24O11. The van der Waals surface area contributed by atoms with Gasteiger partial charge in [0.2, 0.25) is 0 Å². The number of ether oxygens (including phenoxy) is 2. The summed E-state index contributed by atoms with van der Waals surface area (Å²) in [5, 5.41) is 84.6. The molecular weight excluding hydrogens is 320 g/mol. The summed E-state index contributed by atoms with van der Waals surface area (Å²) in [5.74, 6) is 0. The van der Waals surface area contributed by atoms with Gasteiger partial charge in [-0.2, -0.15) is 0 Å². The first-order valence-electron chi connectivity index (χ1n) is 7.00. The van der Waals surface area contributed by atoms with Crippen molar-refractivity contribution in [2.45, 2.75) is 55.1 Å². The largest absolute Gasteiger partial charge is 0.394 e. The van der Waals surface area contributed by atoms with Crippen LogP contribution in [-0.2, 0) is 9.47 Å². The molecule has 0 unspecified atom stereocenters. The van der Waals surface area contributed by atoms with Gasteiger partial charge in [0, 0.05) is 0 Å². The second-order valence-corrected chi connectivity index (χ2v) is 5.29. The lowest BCUT2D eigenvalue weighted by atomic mass is 10.0. The van der Waals surface area contributed by atoms with Crippen molar-refractivity contribution in [2.24, 2.45) is 0 Å². The van der Waals surface area contributed by atoms with Crippen molar-refractivity contribution in [3.8, 4) is 0 Å². The van der Waals surface area contributed by atoms with E-state index in [1.165, 1.54) is 0 Å². The average molecular weight is 344 g/mol. The highest BCUT2D eigenvalue weighted by Gasteiger charge is 2.48. The van der Waals surface area contributed by atoms with Gasteiger partial charge >= 0.3 is 0 Å². The van der Waals surface area contributed by atoms with Crippen LogP contribution in [-0.4, -0.2) is 121 Å². The van der Waals surface area contributed by atoms with Crippen molar-refractivity contribution >= 4 is 0 Å². The highest BCUT2D eigenvalue weighted by Crippen LogP contribution is 2.27. The lowest BCUT2D eigenvalue weighted by molar-refractivity contribution is -0.248. The van der Waals surface area contributed by atoms with Crippen LogP contribution in [0.3, 0.4) is 0 Å². The summed E-state index contributed by atoms with van der Waals surface area (Å²) < 4.78 is 10.1. The Kier molecular flexibility index (Phi) is 8.20. The Morgan fingerprint density at radius 3 is 1.87 bits per heavy atom. The zero-order chi connectivity index (χ0) is 17.7. The van der Waals surface area contributed by atoms with Crippen molar-refractivity contribution < 1.29 is 55.4 Å². The van der Waals surface area contributed by atoms with Crippen LogP contribution >= 0.6 is 0 Å². The first kappa shape index (κ1) is 20.6. The zero-order valence-corrected chi connectivity index (χ0v) is 12.2. The molecule has 9 N–H and O–H groups in total. The van der Waals surface area contributed by atoms with E-state index in [1.807, 2.05) is 0 Å². The molecule has 23 heavy (non-hydrogen) atoms. The molecule has 0 spiro atoms. The van der Waals surface area contributed by atoms with E-state index in [2.05, 4.69) is 0 Å². The van der Waals surface area contributed by atoms with Crippen molar-refractivity contribution in [1.29, 1.82) is 0 Å². The van der Waals surface area contributed by atoms with Crippen molar-refractivity contribution in [3.63, 3.8) is 0 Å². The van der Waals surface area contributed by atoms with E-state index >= 15 is 0 Å². The topological polar surface area (TPSA) is 201 Å². The molecule has 0 aromatic heterocycles. The number of aliphatic hydroxyl groups excluding tert-OH is 9. The number of rotatable bonds is 9. The molecule has 138 valence electrons. The van der Waals surface area contributed by atoms with Gasteiger partial charge in [-0.05, 0) is 0 Å². The number of aliphatic hydroxyl groups is 9. The second kappa shape index (κ2) is 9.15. The van der Waals surface area contributed by atoms with Crippen molar-refractivity contribution in [2.75, 3.05) is 19.8 Å². The molecule has 9 atom stereocenters. The molecule has 11 nitrogen and oxygen atoms in total. The number of hydrogen-bond acceptors (Lipinski definition) is 11. The zero-order valence-electron chi connectivity index (χ0n) is 12.2. The molecule has 1 saturated heterocycles. The molecule has 1 aliphatic rings. The first-order valence-corrected chi connectivity index (χ1v) is 7.00. The molecule has 0 amide bonds. The molecule has 1 aliphatic heterocycles. The Morgan fingerprint density at radius 1 is 0.826 bits per heavy atom. The van der Waals surface area contributed by atoms with E-state index in [4.69, 9.17) is 24.8 Å². The number of hydrogen-bond donors (Lipinski definition) is 9. The van der Waals surface area contributed by atoms with Crippen LogP contribution in [0.25, 0.3) is 0 Å². The molecule has 0 aromatic rings. The highest BCUT2D eigenvalue weighted by molar-refractivity contribution is 4.92. The van der Waals surface area contributed by atoms with Gasteiger partial charge in [0.1, 0.15) is 48.8 Å². The maximum absolute atomic E-state index is 9.82. The summed E-state index contributed by atoms with van der Waals surface area (Å²) >= 11 is 0. The molecule has 0 bridgehead atoms. The van der Waals surface area contributed by atoms with Crippen molar-refractivity contribution in [1.82, 2.24) is 0 Å². The Bertz CT molecular complexity index is 343. The third-order valence-corrected chi connectivity index (χ3v) is 3.60. The molecule has 11 heteroatoms. The predicted molar refractivity (Wildman–Crippen MR) is 70.8 cm³/mol. The van der Waals surface area contributed by atoms with E-state index in [-0.39, 0.29) is 0 Å². The molecule has 1 rings (SSSR count). The van der Waals surface area contributed by atoms with Crippen LogP contribution in [0.2, 0.25) is 0 Å². The Balaban J connectivity index is 2.83. The molecule has 1 heterocycles. The molecule has 0 radical (unpaired) electrons. The smallest absolute Gasteiger partial charge is 0.187 e. The third-order valence-electron chi connectivity index (χ3n) is 3.60. The van der Waals surface area contributed by atoms with Crippen LogP contribution in [0.15, 0.2) is 0 Å². The van der Waals surface area contributed by atoms with Gasteiger partial charge in [-0.1, -0.05) is 0 Å². The Labute approximate surface area is 131 Å². The van der Waals surface area contributed by atoms with E-state index in [1.54, 1.807) is 0 Å². The summed E-state index contributed by atoms with van der Waals surface area (Å²) in [6.45, 7) is -2.48. The normalized spacial score (nSPS) is 34.8. The quantitative estimate of drug-likeness (QED) is 0.193. The van der Waals surface area contributed by atoms with Gasteiger partial charge in [0.25, 0.3) is 0 Å². The SMILES string of the molecule is OC[C@@H](O)[C@@H]1O[C@@H](O[C@@H]([C@@H](O)[C@@H](O)CO)[C@H](O)CO)[C@H](O)[C@@H]1O. The van der Waals surface area contributed by atoms with Gasteiger partial charge in [-0.3, -0.25) is 0 Å². The summed E-state index contributed by atoms with van der Waals surface area (Å²) in [5.41, 5.74) is 0. The summed E-state index contributed by atoms with van der Waals surface area (Å²) in [6, 6.07) is 0. The highest BCUT2D eigenvalue weighted by atomic mass is 16.7. The van der Waals surface area contributed by atoms with Gasteiger partial charge in [0.05, 0.1) is 19.8 Å². The maximum atomic E-state index is 9.82. The minimum absolute atomic E-state index is 0.754. The van der Waals surface area contributed by atoms with Gasteiger partial charge in [-0.25, -0.2) is 0 Å². The molecule has 0 aliphatic carbocycles. The van der Waals surface area contributed by atoms with E-state index < -0.39 is 74.9 Å². The van der Waals surface area contributed by atoms with Crippen LogP contribution in [0.4, 0.5) is 0 Å². The third kappa shape index (κ3) is 4.78. The minimum Gasteiger partial charge on any atom is -0.394 e. The molecule has 0 aromatic carbocycles. The van der Waals surface area contributed by atoms with E-state index in [0.29, 0.717) is 0 Å². The fourth-order valence-electron chi connectivity index (χ4n) is 2.19. The Hall–Kier alpha value is -0.440. The fraction of sp³-hybridized carbons (Fsp3) is 1.00. The van der Waals surface area contributed by atoms with E-state index in [0.717, 1.165) is 0 Å². The minimum atomic E-state index is -1.84. The van der Waals surface area contributed by atoms with Crippen LogP contribution in [0, 0.1) is 0 Å². The van der Waals surface area contributed by atoms with Crippen LogP contribution in [0.5, 0.6) is 0 Å². The average Bonchev–Trinajstić information content (AvgIpc) is 2.85. The maximum Gasteiger partial charge on any atom is 0.187 e. The standard InChI is InChI=1S/C12H24O11/c13-1-4(16)7(19)10(5(17)2-14)22-12-9(21)8(20)11(23-12)6(18)3-15/h4-21H,1-3H2/t4-,5+,6+,7-,8-,9+,10+,11-,12+/m0/s1. The summed E-state index contributed by atoms with van der Waals surface area (Å²) in [6.07, 6.45) is -14.7. The molecule has 1 fully saturated rings. The summed E-state index contributed by atoms with van der Waals surface area (Å²) in [4.78, 5) is 0. The predicted octanol–water partition coefficient (Wildman–Crippen LogP) is -5.76. The van der Waals surface area contributed by atoms with E-state index in [9.17, 15) is 30.6 Å². The van der Waals surface area contributed by atoms with Gasteiger partial charge in [0.15, 0.2) is 6.29 Å². The first-order chi connectivity index (χ1) is 10.8. The van der Waals surface area contributed by atoms with Crippen molar-refractivity contribution in [3.05, 3.63) is 0 Å². The fourth-order valence-corrected chi connectivity index (χ4v) is 2.19. The summed E-state index contributed by atoms with van der Waals surface area (Å²) in [7, 11) is 0. The van der Waals surface area contributed by atoms with Crippen LogP contribution in [0.1, 0.15) is 0 Å². The monoisotopic (exact) mass is 344 g/mol. The lowest BCUT2D eigenvalue weighted by Crippen LogP contribution is -2.51. The van der Waals surface area contributed by atoms with Gasteiger partial charge in [-0.15, -0.1) is 0 Å². The Morgan fingerprint density at radius 2 is 1.39 bits per heavy atom. The lowest BCUT2D eigenvalue weighted by Gasteiger charge is -2.31. The van der Waals surface area contributed by atoms with Gasteiger partial charge < -0.3 is 55.4 Å². The van der Waals surface area contributed by atoms with Crippen LogP contribution < -0.4 is 0 Å². The molecule has 0 saturated carbocycles. The second-order valence-electron chi connectivity index (χ2n) is 5.29.